The smallest absolute Gasteiger partial charge is 0.119 e. The molecular weight excluding hydrogens is 873 g/mol. The Morgan fingerprint density at radius 3 is 1.31 bits per heavy atom. The number of rotatable bonds is 18. The minimum Gasteiger partial charge on any atom is -0.493 e. The van der Waals surface area contributed by atoms with Gasteiger partial charge in [-0.25, -0.2) is 9.97 Å². The molecule has 2 atom stereocenters. The fraction of sp³-hybridized carbons (Fsp3) is 0.364. The first kappa shape index (κ1) is 40.0. The summed E-state index contributed by atoms with van der Waals surface area (Å²) in [6.45, 7) is 10.4. The molecule has 0 saturated heterocycles. The van der Waals surface area contributed by atoms with Crippen LogP contribution in [-0.2, 0) is 0 Å². The molecule has 0 aliphatic carbocycles. The lowest BCUT2D eigenvalue weighted by Gasteiger charge is -2.17. The molecule has 4 aromatic heterocycles. The number of ether oxygens (including phenoxy) is 2. The summed E-state index contributed by atoms with van der Waals surface area (Å²) in [7, 11) is 0. The molecule has 11 heteroatoms. The van der Waals surface area contributed by atoms with Gasteiger partial charge in [0.25, 0.3) is 0 Å². The van der Waals surface area contributed by atoms with Gasteiger partial charge in [0.05, 0.1) is 43.9 Å². The highest BCUT2D eigenvalue weighted by Gasteiger charge is 2.26. The average molecular weight is 919 g/mol. The number of thiophene rings is 2. The van der Waals surface area contributed by atoms with E-state index in [0.717, 1.165) is 111 Å². The van der Waals surface area contributed by atoms with Gasteiger partial charge in [-0.15, -0.1) is 22.7 Å². The SMILES string of the molecule is CCCCC(CC)COc1ccc(-c2nc3c(-c4ccc(Br)s4)c4nsnc4c(-c4ccc(Br)s4)c3nc2-c2ccc(OCC(CC)CCCC)cc2)cc1. The molecule has 0 radical (unpaired) electrons. The number of halogens is 2. The van der Waals surface area contributed by atoms with E-state index >= 15 is 0 Å². The predicted octanol–water partition coefficient (Wildman–Crippen LogP) is 15.1. The van der Waals surface area contributed by atoms with Crippen molar-refractivity contribution in [2.75, 3.05) is 13.2 Å². The summed E-state index contributed by atoms with van der Waals surface area (Å²) in [5.41, 5.74) is 8.69. The van der Waals surface area contributed by atoms with Gasteiger partial charge < -0.3 is 9.47 Å². The Bertz CT molecular complexity index is 2170. The molecule has 286 valence electrons. The summed E-state index contributed by atoms with van der Waals surface area (Å²) in [5.74, 6) is 2.84. The average Bonchev–Trinajstić information content (AvgIpc) is 3.98. The Hall–Kier alpha value is -3.22. The maximum Gasteiger partial charge on any atom is 0.119 e. The van der Waals surface area contributed by atoms with E-state index in [9.17, 15) is 0 Å². The Labute approximate surface area is 353 Å². The number of hydrogen-bond donors (Lipinski definition) is 0. The Morgan fingerprint density at radius 2 is 0.964 bits per heavy atom. The van der Waals surface area contributed by atoms with Crippen LogP contribution in [-0.4, -0.2) is 31.9 Å². The molecule has 0 amide bonds. The molecule has 0 fully saturated rings. The molecule has 0 N–H and O–H groups in total. The lowest BCUT2D eigenvalue weighted by molar-refractivity contribution is 0.233. The number of fused-ring (bicyclic) bond motifs is 2. The maximum atomic E-state index is 6.33. The van der Waals surface area contributed by atoms with Gasteiger partial charge in [-0.3, -0.25) is 0 Å². The minimum atomic E-state index is 0.555. The van der Waals surface area contributed by atoms with Crippen molar-refractivity contribution in [1.29, 1.82) is 0 Å². The highest BCUT2D eigenvalue weighted by Crippen LogP contribution is 2.47. The van der Waals surface area contributed by atoms with E-state index in [1.54, 1.807) is 22.7 Å². The van der Waals surface area contributed by atoms with Crippen molar-refractivity contribution >= 4 is 88.3 Å². The quantitative estimate of drug-likeness (QED) is 0.0854. The van der Waals surface area contributed by atoms with Gasteiger partial charge in [0.1, 0.15) is 33.6 Å². The molecule has 0 aliphatic rings. The van der Waals surface area contributed by atoms with Gasteiger partial charge in [0.15, 0.2) is 0 Å². The molecule has 0 aliphatic heterocycles. The van der Waals surface area contributed by atoms with Crippen LogP contribution in [0.4, 0.5) is 0 Å². The molecule has 0 spiro atoms. The van der Waals surface area contributed by atoms with E-state index in [2.05, 4.69) is 132 Å². The van der Waals surface area contributed by atoms with E-state index in [1.165, 1.54) is 50.3 Å². The normalized spacial score (nSPS) is 12.8. The van der Waals surface area contributed by atoms with Crippen LogP contribution >= 0.6 is 66.3 Å². The fourth-order valence-corrected chi connectivity index (χ4v) is 10.4. The molecule has 7 rings (SSSR count). The van der Waals surface area contributed by atoms with Crippen LogP contribution in [0.1, 0.15) is 79.1 Å². The first-order valence-corrected chi connectivity index (χ1v) is 23.3. The number of unbranched alkanes of at least 4 members (excludes halogenated alkanes) is 2. The summed E-state index contributed by atoms with van der Waals surface area (Å²) in [6.07, 6.45) is 9.49. The topological polar surface area (TPSA) is 70.0 Å². The van der Waals surface area contributed by atoms with Crippen LogP contribution in [0, 0.1) is 11.8 Å². The van der Waals surface area contributed by atoms with E-state index in [0.29, 0.717) is 11.8 Å². The van der Waals surface area contributed by atoms with Crippen molar-refractivity contribution in [1.82, 2.24) is 18.7 Å². The van der Waals surface area contributed by atoms with Crippen molar-refractivity contribution in [3.63, 3.8) is 0 Å². The van der Waals surface area contributed by atoms with Gasteiger partial charge in [0.2, 0.25) is 0 Å². The zero-order chi connectivity index (χ0) is 38.3. The second-order valence-electron chi connectivity index (χ2n) is 14.0. The standard InChI is InChI=1S/C44H46Br2N4O2S3/c1-5-9-11-27(7-3)25-51-31-17-13-29(14-18-31)39-40(30-15-19-32(20-16-30)52-26-28(8-4)12-10-6-2)48-42-38(34-22-24-36(46)54-34)44-43(49-55-50-44)37(41(42)47-39)33-21-23-35(45)53-33/h13-24,27-28H,5-12,25-26H2,1-4H3. The van der Waals surface area contributed by atoms with Gasteiger partial charge in [-0.05, 0) is 129 Å². The van der Waals surface area contributed by atoms with Crippen molar-refractivity contribution in [2.45, 2.75) is 79.1 Å². The Kier molecular flexibility index (Phi) is 13.7. The summed E-state index contributed by atoms with van der Waals surface area (Å²) in [6, 6.07) is 25.1. The van der Waals surface area contributed by atoms with Crippen molar-refractivity contribution < 1.29 is 9.47 Å². The third-order valence-electron chi connectivity index (χ3n) is 10.3. The van der Waals surface area contributed by atoms with Gasteiger partial charge in [-0.2, -0.15) is 8.75 Å². The van der Waals surface area contributed by atoms with Gasteiger partial charge in [0, 0.05) is 32.0 Å². The number of aromatic nitrogens is 4. The minimum absolute atomic E-state index is 0.555. The van der Waals surface area contributed by atoms with Crippen LogP contribution in [0.3, 0.4) is 0 Å². The number of benzene rings is 3. The fourth-order valence-electron chi connectivity index (χ4n) is 6.93. The van der Waals surface area contributed by atoms with Gasteiger partial charge >= 0.3 is 0 Å². The monoisotopic (exact) mass is 916 g/mol. The lowest BCUT2D eigenvalue weighted by atomic mass is 9.99. The van der Waals surface area contributed by atoms with Gasteiger partial charge in [-0.1, -0.05) is 66.2 Å². The molecule has 0 bridgehead atoms. The predicted molar refractivity (Wildman–Crippen MR) is 241 cm³/mol. The van der Waals surface area contributed by atoms with E-state index in [1.807, 2.05) is 0 Å². The third-order valence-corrected chi connectivity index (χ3v) is 14.1. The summed E-state index contributed by atoms with van der Waals surface area (Å²) in [5, 5.41) is 0. The van der Waals surface area contributed by atoms with E-state index < -0.39 is 0 Å². The zero-order valence-corrected chi connectivity index (χ0v) is 37.4. The molecule has 6 nitrogen and oxygen atoms in total. The second-order valence-corrected chi connectivity index (χ2v) is 19.5. The molecular formula is C44H46Br2N4O2S3. The highest BCUT2D eigenvalue weighted by atomic mass is 79.9. The molecule has 55 heavy (non-hydrogen) atoms. The largest absolute Gasteiger partial charge is 0.493 e. The van der Waals surface area contributed by atoms with Crippen LogP contribution in [0.25, 0.3) is 65.5 Å². The van der Waals surface area contributed by atoms with Crippen LogP contribution in [0.2, 0.25) is 0 Å². The molecule has 0 saturated carbocycles. The highest BCUT2D eigenvalue weighted by molar-refractivity contribution is 9.11. The zero-order valence-electron chi connectivity index (χ0n) is 31.7. The molecule has 2 unspecified atom stereocenters. The van der Waals surface area contributed by atoms with Crippen LogP contribution < -0.4 is 9.47 Å². The van der Waals surface area contributed by atoms with Crippen molar-refractivity contribution in [2.24, 2.45) is 11.8 Å². The summed E-state index contributed by atoms with van der Waals surface area (Å²) in [4.78, 5) is 13.3. The van der Waals surface area contributed by atoms with Crippen LogP contribution in [0.15, 0.2) is 80.4 Å². The van der Waals surface area contributed by atoms with E-state index in [4.69, 9.17) is 28.2 Å². The van der Waals surface area contributed by atoms with E-state index in [-0.39, 0.29) is 0 Å². The number of nitrogens with zero attached hydrogens (tertiary/aromatic N) is 4. The molecule has 4 heterocycles. The maximum absolute atomic E-state index is 6.33. The second kappa shape index (κ2) is 18.8. The van der Waals surface area contributed by atoms with Crippen molar-refractivity contribution in [3.05, 3.63) is 80.4 Å². The third kappa shape index (κ3) is 9.17. The molecule has 7 aromatic rings. The summed E-state index contributed by atoms with van der Waals surface area (Å²) >= 11 is 12.0. The first-order valence-electron chi connectivity index (χ1n) is 19.4. The lowest BCUT2D eigenvalue weighted by Crippen LogP contribution is -2.11. The Morgan fingerprint density at radius 1 is 0.545 bits per heavy atom. The summed E-state index contributed by atoms with van der Waals surface area (Å²) < 4.78 is 24.5. The number of hydrogen-bond acceptors (Lipinski definition) is 9. The van der Waals surface area contributed by atoms with Crippen molar-refractivity contribution in [3.8, 4) is 54.9 Å². The Balaban J connectivity index is 1.37. The van der Waals surface area contributed by atoms with Crippen LogP contribution in [0.5, 0.6) is 11.5 Å². The molecule has 3 aromatic carbocycles. The first-order chi connectivity index (χ1) is 26.9.